The second-order valence-electron chi connectivity index (χ2n) is 10.6. The van der Waals surface area contributed by atoms with Crippen molar-refractivity contribution in [2.75, 3.05) is 19.7 Å². The fraction of sp³-hybridized carbons (Fsp3) is 0.464. The minimum atomic E-state index is -0.784. The number of nitrogens with zero attached hydrogens (tertiary/aromatic N) is 1. The van der Waals surface area contributed by atoms with Crippen LogP contribution in [0.2, 0.25) is 0 Å². The number of carbonyl (C=O) groups is 3. The van der Waals surface area contributed by atoms with Crippen molar-refractivity contribution in [1.29, 1.82) is 0 Å². The zero-order chi connectivity index (χ0) is 24.2. The van der Waals surface area contributed by atoms with Crippen LogP contribution in [-0.2, 0) is 14.3 Å². The molecule has 3 aliphatic carbocycles. The summed E-state index contributed by atoms with van der Waals surface area (Å²) in [6.07, 6.45) is 3.24. The number of carboxylic acid groups (broad SMARTS) is 1. The van der Waals surface area contributed by atoms with E-state index in [0.29, 0.717) is 25.9 Å². The standard InChI is InChI=1S/C28H30N2O5/c31-25(30-14-18-13-28(18,16-30)26(32)33)12-17-6-5-11-24(17)29-27(34)35-15-23-21-9-3-1-7-19(21)20-8-2-4-10-22(20)23/h1-4,7-10,17-18,23-24H,5-6,11-16H2,(H,29,34)(H,32,33)/t17-,18?,24+,28?/m0/s1. The van der Waals surface area contributed by atoms with Crippen molar-refractivity contribution < 1.29 is 24.2 Å². The lowest BCUT2D eigenvalue weighted by Gasteiger charge is -2.25. The summed E-state index contributed by atoms with van der Waals surface area (Å²) in [5.41, 5.74) is 4.03. The van der Waals surface area contributed by atoms with Crippen molar-refractivity contribution >= 4 is 18.0 Å². The van der Waals surface area contributed by atoms with Gasteiger partial charge in [-0.1, -0.05) is 55.0 Å². The van der Waals surface area contributed by atoms with E-state index in [2.05, 4.69) is 29.6 Å². The molecule has 6 rings (SSSR count). The zero-order valence-electron chi connectivity index (χ0n) is 19.6. The van der Waals surface area contributed by atoms with Crippen LogP contribution in [0.5, 0.6) is 0 Å². The van der Waals surface area contributed by atoms with Gasteiger partial charge in [-0.25, -0.2) is 4.79 Å². The molecule has 7 heteroatoms. The van der Waals surface area contributed by atoms with Crippen LogP contribution in [0.1, 0.15) is 49.1 Å². The summed E-state index contributed by atoms with van der Waals surface area (Å²) >= 11 is 0. The quantitative estimate of drug-likeness (QED) is 0.659. The Balaban J connectivity index is 1.04. The van der Waals surface area contributed by atoms with E-state index in [9.17, 15) is 19.5 Å². The number of hydrogen-bond donors (Lipinski definition) is 2. The van der Waals surface area contributed by atoms with Gasteiger partial charge in [0, 0.05) is 31.5 Å². The van der Waals surface area contributed by atoms with Gasteiger partial charge in [-0.3, -0.25) is 9.59 Å². The van der Waals surface area contributed by atoms with Crippen molar-refractivity contribution in [1.82, 2.24) is 10.2 Å². The van der Waals surface area contributed by atoms with E-state index in [1.165, 1.54) is 22.3 Å². The zero-order valence-corrected chi connectivity index (χ0v) is 19.6. The molecule has 0 spiro atoms. The van der Waals surface area contributed by atoms with E-state index >= 15 is 0 Å². The third kappa shape index (κ3) is 3.77. The van der Waals surface area contributed by atoms with E-state index < -0.39 is 17.5 Å². The number of carbonyl (C=O) groups excluding carboxylic acids is 2. The van der Waals surface area contributed by atoms with Gasteiger partial charge in [0.2, 0.25) is 5.91 Å². The first-order valence-corrected chi connectivity index (χ1v) is 12.6. The molecule has 2 unspecified atom stereocenters. The Morgan fingerprint density at radius 3 is 2.37 bits per heavy atom. The summed E-state index contributed by atoms with van der Waals surface area (Å²) in [7, 11) is 0. The molecule has 2 saturated carbocycles. The molecule has 1 saturated heterocycles. The molecule has 1 aliphatic heterocycles. The number of hydrogen-bond acceptors (Lipinski definition) is 4. The normalized spacial score (nSPS) is 28.2. The summed E-state index contributed by atoms with van der Waals surface area (Å²) in [5.74, 6) is -0.613. The molecule has 2 aromatic rings. The maximum Gasteiger partial charge on any atom is 0.407 e. The minimum Gasteiger partial charge on any atom is -0.481 e. The van der Waals surface area contributed by atoms with Gasteiger partial charge in [-0.2, -0.15) is 0 Å². The molecule has 182 valence electrons. The Hall–Kier alpha value is -3.35. The minimum absolute atomic E-state index is 0.00376. The number of ether oxygens (including phenoxy) is 1. The number of rotatable bonds is 6. The van der Waals surface area contributed by atoms with Gasteiger partial charge in [0.15, 0.2) is 0 Å². The molecule has 4 aliphatic rings. The number of likely N-dealkylation sites (tertiary alicyclic amines) is 1. The molecule has 2 aromatic carbocycles. The summed E-state index contributed by atoms with van der Waals surface area (Å²) < 4.78 is 5.70. The Labute approximate surface area is 204 Å². The lowest BCUT2D eigenvalue weighted by atomic mass is 9.98. The number of amides is 2. The van der Waals surface area contributed by atoms with Crippen LogP contribution in [0.3, 0.4) is 0 Å². The highest BCUT2D eigenvalue weighted by molar-refractivity contribution is 5.84. The third-order valence-corrected chi connectivity index (χ3v) is 8.67. The van der Waals surface area contributed by atoms with Gasteiger partial charge in [0.05, 0.1) is 5.41 Å². The highest BCUT2D eigenvalue weighted by atomic mass is 16.5. The van der Waals surface area contributed by atoms with E-state index in [1.807, 2.05) is 24.3 Å². The smallest absolute Gasteiger partial charge is 0.407 e. The molecular formula is C28H30N2O5. The third-order valence-electron chi connectivity index (χ3n) is 8.67. The number of carboxylic acids is 1. The molecule has 2 amide bonds. The monoisotopic (exact) mass is 474 g/mol. The Morgan fingerprint density at radius 2 is 1.71 bits per heavy atom. The van der Waals surface area contributed by atoms with Crippen molar-refractivity contribution in [3.8, 4) is 11.1 Å². The maximum atomic E-state index is 12.9. The Kier molecular flexibility index (Phi) is 5.31. The van der Waals surface area contributed by atoms with Crippen LogP contribution in [-0.4, -0.2) is 53.7 Å². The summed E-state index contributed by atoms with van der Waals surface area (Å²) in [6.45, 7) is 1.13. The van der Waals surface area contributed by atoms with E-state index in [0.717, 1.165) is 19.3 Å². The number of piperidine rings is 1. The number of fused-ring (bicyclic) bond motifs is 4. The van der Waals surface area contributed by atoms with Crippen LogP contribution in [0.4, 0.5) is 4.79 Å². The van der Waals surface area contributed by atoms with Gasteiger partial charge in [-0.05, 0) is 53.4 Å². The Morgan fingerprint density at radius 1 is 1.03 bits per heavy atom. The maximum absolute atomic E-state index is 12.9. The van der Waals surface area contributed by atoms with Crippen LogP contribution in [0, 0.1) is 17.3 Å². The molecule has 35 heavy (non-hydrogen) atoms. The van der Waals surface area contributed by atoms with Crippen molar-refractivity contribution in [2.24, 2.45) is 17.3 Å². The average molecular weight is 475 g/mol. The van der Waals surface area contributed by atoms with Crippen molar-refractivity contribution in [2.45, 2.75) is 44.1 Å². The van der Waals surface area contributed by atoms with Gasteiger partial charge in [0.25, 0.3) is 0 Å². The predicted octanol–water partition coefficient (Wildman–Crippen LogP) is 4.02. The lowest BCUT2D eigenvalue weighted by molar-refractivity contribution is -0.144. The predicted molar refractivity (Wildman–Crippen MR) is 129 cm³/mol. The SMILES string of the molecule is O=C(N[C@@H]1CCC[C@H]1CC(=O)N1CC2CC2(C(=O)O)C1)OCC1c2ccccc2-c2ccccc21. The summed E-state index contributed by atoms with van der Waals surface area (Å²) in [6, 6.07) is 16.4. The Bertz CT molecular complexity index is 1150. The summed E-state index contributed by atoms with van der Waals surface area (Å²) in [5, 5.41) is 12.5. The number of alkyl carbamates (subject to hydrolysis) is 1. The first-order chi connectivity index (χ1) is 17.0. The second-order valence-corrected chi connectivity index (χ2v) is 10.6. The molecule has 0 bridgehead atoms. The largest absolute Gasteiger partial charge is 0.481 e. The van der Waals surface area contributed by atoms with Gasteiger partial charge >= 0.3 is 12.1 Å². The fourth-order valence-corrected chi connectivity index (χ4v) is 6.62. The first kappa shape index (κ1) is 22.1. The average Bonchev–Trinajstić information content (AvgIpc) is 3.15. The molecule has 2 N–H and O–H groups in total. The van der Waals surface area contributed by atoms with E-state index in [-0.39, 0.29) is 36.3 Å². The first-order valence-electron chi connectivity index (χ1n) is 12.6. The molecule has 1 heterocycles. The fourth-order valence-electron chi connectivity index (χ4n) is 6.62. The van der Waals surface area contributed by atoms with Gasteiger partial charge in [-0.15, -0.1) is 0 Å². The highest BCUT2D eigenvalue weighted by Gasteiger charge is 2.66. The van der Waals surface area contributed by atoms with Crippen LogP contribution in [0.15, 0.2) is 48.5 Å². The van der Waals surface area contributed by atoms with Crippen LogP contribution >= 0.6 is 0 Å². The molecule has 0 aromatic heterocycles. The van der Waals surface area contributed by atoms with Crippen LogP contribution < -0.4 is 5.32 Å². The second kappa shape index (κ2) is 8.40. The topological polar surface area (TPSA) is 95.9 Å². The van der Waals surface area contributed by atoms with Crippen molar-refractivity contribution in [3.63, 3.8) is 0 Å². The number of benzene rings is 2. The molecule has 3 fully saturated rings. The highest BCUT2D eigenvalue weighted by Crippen LogP contribution is 2.58. The van der Waals surface area contributed by atoms with Crippen LogP contribution in [0.25, 0.3) is 11.1 Å². The van der Waals surface area contributed by atoms with Crippen molar-refractivity contribution in [3.05, 3.63) is 59.7 Å². The molecule has 7 nitrogen and oxygen atoms in total. The van der Waals surface area contributed by atoms with E-state index in [4.69, 9.17) is 4.74 Å². The molecule has 0 radical (unpaired) electrons. The molecule has 4 atom stereocenters. The molecular weight excluding hydrogens is 444 g/mol. The summed E-state index contributed by atoms with van der Waals surface area (Å²) in [4.78, 5) is 38.9. The van der Waals surface area contributed by atoms with Gasteiger partial charge < -0.3 is 20.1 Å². The van der Waals surface area contributed by atoms with Gasteiger partial charge in [0.1, 0.15) is 6.61 Å². The number of nitrogens with one attached hydrogen (secondary N) is 1. The van der Waals surface area contributed by atoms with E-state index in [1.54, 1.807) is 4.90 Å². The number of aliphatic carboxylic acids is 1. The lowest BCUT2D eigenvalue weighted by Crippen LogP contribution is -2.41.